The van der Waals surface area contributed by atoms with E-state index in [4.69, 9.17) is 9.84 Å². The van der Waals surface area contributed by atoms with Gasteiger partial charge in [0.15, 0.2) is 0 Å². The van der Waals surface area contributed by atoms with E-state index in [9.17, 15) is 4.79 Å². The van der Waals surface area contributed by atoms with Gasteiger partial charge in [-0.05, 0) is 38.5 Å². The maximum atomic E-state index is 10.6. The highest BCUT2D eigenvalue weighted by molar-refractivity contribution is 5.85. The lowest BCUT2D eigenvalue weighted by Crippen LogP contribution is -2.03. The van der Waals surface area contributed by atoms with E-state index >= 15 is 0 Å². The second-order valence-electron chi connectivity index (χ2n) is 3.75. The Hall–Kier alpha value is -1.84. The standard InChI is InChI=1S/C13H17NO3/c1-4-11-12(6-5-10(3)14-11)17-8-7-9(2)13(15)16/h5-7H,4,8H2,1-3H3,(H,15,16)/b9-7-. The Morgan fingerprint density at radius 2 is 2.24 bits per heavy atom. The summed E-state index contributed by atoms with van der Waals surface area (Å²) in [5.74, 6) is -0.209. The fraction of sp³-hybridized carbons (Fsp3) is 0.385. The van der Waals surface area contributed by atoms with Gasteiger partial charge in [-0.25, -0.2) is 4.79 Å². The van der Waals surface area contributed by atoms with Crippen LogP contribution in [0.3, 0.4) is 0 Å². The molecular weight excluding hydrogens is 218 g/mol. The first-order chi connectivity index (χ1) is 8.04. The van der Waals surface area contributed by atoms with Crippen molar-refractivity contribution in [3.8, 4) is 5.75 Å². The van der Waals surface area contributed by atoms with Crippen molar-refractivity contribution in [3.63, 3.8) is 0 Å². The summed E-state index contributed by atoms with van der Waals surface area (Å²) in [6.07, 6.45) is 2.33. The minimum atomic E-state index is -0.925. The molecular formula is C13H17NO3. The molecule has 0 unspecified atom stereocenters. The van der Waals surface area contributed by atoms with Crippen molar-refractivity contribution in [2.24, 2.45) is 0 Å². The van der Waals surface area contributed by atoms with Gasteiger partial charge in [-0.2, -0.15) is 0 Å². The summed E-state index contributed by atoms with van der Waals surface area (Å²) in [6, 6.07) is 3.74. The molecule has 0 aliphatic carbocycles. The van der Waals surface area contributed by atoms with Crippen molar-refractivity contribution in [3.05, 3.63) is 35.2 Å². The molecule has 4 nitrogen and oxygen atoms in total. The number of hydrogen-bond acceptors (Lipinski definition) is 3. The number of carbonyl (C=O) groups is 1. The van der Waals surface area contributed by atoms with Gasteiger partial charge in [0.2, 0.25) is 0 Å². The Morgan fingerprint density at radius 1 is 1.53 bits per heavy atom. The highest BCUT2D eigenvalue weighted by Crippen LogP contribution is 2.17. The van der Waals surface area contributed by atoms with Crippen molar-refractivity contribution < 1.29 is 14.6 Å². The minimum absolute atomic E-state index is 0.246. The number of carboxylic acid groups (broad SMARTS) is 1. The van der Waals surface area contributed by atoms with E-state index < -0.39 is 5.97 Å². The van der Waals surface area contributed by atoms with Gasteiger partial charge in [0.25, 0.3) is 0 Å². The highest BCUT2D eigenvalue weighted by Gasteiger charge is 2.04. The summed E-state index contributed by atoms with van der Waals surface area (Å²) in [5, 5.41) is 8.68. The first-order valence-electron chi connectivity index (χ1n) is 5.54. The summed E-state index contributed by atoms with van der Waals surface area (Å²) in [7, 11) is 0. The number of aromatic nitrogens is 1. The Balaban J connectivity index is 2.69. The number of rotatable bonds is 5. The number of nitrogens with zero attached hydrogens (tertiary/aromatic N) is 1. The van der Waals surface area contributed by atoms with Gasteiger partial charge in [-0.3, -0.25) is 4.98 Å². The van der Waals surface area contributed by atoms with Crippen LogP contribution in [0, 0.1) is 6.92 Å². The molecule has 1 aromatic heterocycles. The van der Waals surface area contributed by atoms with Crippen LogP contribution in [0.15, 0.2) is 23.8 Å². The molecule has 0 amide bonds. The molecule has 0 spiro atoms. The predicted octanol–water partition coefficient (Wildman–Crippen LogP) is 2.36. The molecule has 92 valence electrons. The van der Waals surface area contributed by atoms with Crippen molar-refractivity contribution in [1.82, 2.24) is 4.98 Å². The molecule has 0 saturated carbocycles. The van der Waals surface area contributed by atoms with Crippen molar-refractivity contribution in [2.75, 3.05) is 6.61 Å². The fourth-order valence-electron chi connectivity index (χ4n) is 1.33. The van der Waals surface area contributed by atoms with Crippen LogP contribution < -0.4 is 4.74 Å². The summed E-state index contributed by atoms with van der Waals surface area (Å²) in [4.78, 5) is 14.9. The van der Waals surface area contributed by atoms with E-state index in [1.807, 2.05) is 26.0 Å². The topological polar surface area (TPSA) is 59.4 Å². The molecule has 1 aromatic rings. The van der Waals surface area contributed by atoms with Gasteiger partial charge in [0.05, 0.1) is 5.69 Å². The van der Waals surface area contributed by atoms with Gasteiger partial charge in [0.1, 0.15) is 12.4 Å². The molecule has 0 aromatic carbocycles. The molecule has 0 aliphatic rings. The molecule has 0 saturated heterocycles. The Labute approximate surface area is 101 Å². The maximum Gasteiger partial charge on any atom is 0.331 e. The smallest absolute Gasteiger partial charge is 0.331 e. The van der Waals surface area contributed by atoms with Crippen molar-refractivity contribution in [1.29, 1.82) is 0 Å². The lowest BCUT2D eigenvalue weighted by molar-refractivity contribution is -0.132. The zero-order valence-corrected chi connectivity index (χ0v) is 10.4. The first-order valence-corrected chi connectivity index (χ1v) is 5.54. The Bertz CT molecular complexity index is 438. The Morgan fingerprint density at radius 3 is 2.82 bits per heavy atom. The van der Waals surface area contributed by atoms with Gasteiger partial charge >= 0.3 is 5.97 Å². The summed E-state index contributed by atoms with van der Waals surface area (Å²) >= 11 is 0. The quantitative estimate of drug-likeness (QED) is 0.796. The van der Waals surface area contributed by atoms with Crippen LogP contribution in [-0.2, 0) is 11.2 Å². The molecule has 4 heteroatoms. The Kier molecular flexibility index (Phi) is 4.69. The van der Waals surface area contributed by atoms with Crippen LogP contribution in [0.4, 0.5) is 0 Å². The number of ether oxygens (including phenoxy) is 1. The van der Waals surface area contributed by atoms with Crippen LogP contribution >= 0.6 is 0 Å². The molecule has 0 aliphatic heterocycles. The molecule has 0 atom stereocenters. The lowest BCUT2D eigenvalue weighted by atomic mass is 10.2. The second kappa shape index (κ2) is 6.03. The largest absolute Gasteiger partial charge is 0.488 e. The SMILES string of the molecule is CCc1nc(C)ccc1OC/C=C(/C)C(=O)O. The zero-order valence-electron chi connectivity index (χ0n) is 10.4. The number of carboxylic acids is 1. The van der Waals surface area contributed by atoms with Gasteiger partial charge in [-0.1, -0.05) is 6.92 Å². The van der Waals surface area contributed by atoms with Crippen LogP contribution in [-0.4, -0.2) is 22.7 Å². The van der Waals surface area contributed by atoms with Crippen LogP contribution in [0.5, 0.6) is 5.75 Å². The molecule has 0 bridgehead atoms. The number of pyridine rings is 1. The van der Waals surface area contributed by atoms with Crippen LogP contribution in [0.25, 0.3) is 0 Å². The van der Waals surface area contributed by atoms with Crippen molar-refractivity contribution in [2.45, 2.75) is 27.2 Å². The average molecular weight is 235 g/mol. The molecule has 1 N–H and O–H groups in total. The highest BCUT2D eigenvalue weighted by atomic mass is 16.5. The number of aliphatic carboxylic acids is 1. The molecule has 17 heavy (non-hydrogen) atoms. The monoisotopic (exact) mass is 235 g/mol. The van der Waals surface area contributed by atoms with E-state index in [2.05, 4.69) is 4.98 Å². The number of hydrogen-bond donors (Lipinski definition) is 1. The van der Waals surface area contributed by atoms with Crippen molar-refractivity contribution >= 4 is 5.97 Å². The van der Waals surface area contributed by atoms with Gasteiger partial charge < -0.3 is 9.84 Å². The summed E-state index contributed by atoms with van der Waals surface area (Å²) in [6.45, 7) is 5.72. The van der Waals surface area contributed by atoms with E-state index in [0.717, 1.165) is 17.8 Å². The zero-order chi connectivity index (χ0) is 12.8. The maximum absolute atomic E-state index is 10.6. The average Bonchev–Trinajstić information content (AvgIpc) is 2.30. The summed E-state index contributed by atoms with van der Waals surface area (Å²) in [5.41, 5.74) is 2.13. The van der Waals surface area contributed by atoms with Crippen LogP contribution in [0.1, 0.15) is 25.2 Å². The van der Waals surface area contributed by atoms with E-state index in [0.29, 0.717) is 5.75 Å². The number of aryl methyl sites for hydroxylation is 2. The van der Waals surface area contributed by atoms with E-state index in [1.165, 1.54) is 0 Å². The van der Waals surface area contributed by atoms with Gasteiger partial charge in [-0.15, -0.1) is 0 Å². The normalized spacial score (nSPS) is 11.4. The minimum Gasteiger partial charge on any atom is -0.488 e. The third kappa shape index (κ3) is 3.90. The summed E-state index contributed by atoms with van der Waals surface area (Å²) < 4.78 is 5.50. The molecule has 0 fully saturated rings. The second-order valence-corrected chi connectivity index (χ2v) is 3.75. The first kappa shape index (κ1) is 13.2. The molecule has 1 rings (SSSR count). The van der Waals surface area contributed by atoms with Crippen LogP contribution in [0.2, 0.25) is 0 Å². The predicted molar refractivity (Wildman–Crippen MR) is 65.2 cm³/mol. The van der Waals surface area contributed by atoms with Gasteiger partial charge in [0, 0.05) is 11.3 Å². The lowest BCUT2D eigenvalue weighted by Gasteiger charge is -2.08. The third-order valence-electron chi connectivity index (χ3n) is 2.37. The van der Waals surface area contributed by atoms with E-state index in [-0.39, 0.29) is 12.2 Å². The fourth-order valence-corrected chi connectivity index (χ4v) is 1.33. The molecule has 0 radical (unpaired) electrons. The molecule has 1 heterocycles. The third-order valence-corrected chi connectivity index (χ3v) is 2.37. The van der Waals surface area contributed by atoms with E-state index in [1.54, 1.807) is 13.0 Å².